The van der Waals surface area contributed by atoms with Crippen LogP contribution >= 0.6 is 11.8 Å². The lowest BCUT2D eigenvalue weighted by molar-refractivity contribution is 1.15. The van der Waals surface area contributed by atoms with E-state index in [1.165, 1.54) is 103 Å². The summed E-state index contributed by atoms with van der Waals surface area (Å²) in [6, 6.07) is 120. The maximum Gasteiger partial charge on any atom is 0.249 e. The van der Waals surface area contributed by atoms with Crippen LogP contribution in [-0.4, -0.2) is 20.4 Å². The van der Waals surface area contributed by atoms with E-state index in [9.17, 15) is 0 Å². The maximum absolute atomic E-state index is 2.71. The fourth-order valence-corrected chi connectivity index (χ4v) is 16.5. The maximum atomic E-state index is 2.71. The lowest BCUT2D eigenvalue weighted by atomic mass is 9.34. The molecule has 5 heterocycles. The molecule has 0 saturated heterocycles. The first kappa shape index (κ1) is 50.8. The summed E-state index contributed by atoms with van der Waals surface area (Å²) in [6.07, 6.45) is 0. The third kappa shape index (κ3) is 7.59. The normalized spacial score (nSPS) is 12.6. The Hall–Kier alpha value is -11.3. The molecule has 0 saturated carbocycles. The molecule has 0 unspecified atom stereocenters. The highest BCUT2D eigenvalue weighted by Crippen LogP contribution is 2.53. The zero-order chi connectivity index (χ0) is 59.0. The molecule has 17 aromatic rings. The van der Waals surface area contributed by atoms with Crippen molar-refractivity contribution in [2.75, 3.05) is 4.90 Å². The molecule has 2 aliphatic heterocycles. The fourth-order valence-electron chi connectivity index (χ4n) is 15.3. The minimum atomic E-state index is -0.124. The molecule has 19 rings (SSSR count). The Balaban J connectivity index is 0.995. The second kappa shape index (κ2) is 20.1. The summed E-state index contributed by atoms with van der Waals surface area (Å²) in [5, 5.41) is 7.30. The molecule has 0 fully saturated rings. The summed E-state index contributed by atoms with van der Waals surface area (Å²) in [7, 11) is 0. The monoisotopic (exact) mass is 1160 g/mol. The molecular weight excluding hydrogens is 1110 g/mol. The van der Waals surface area contributed by atoms with Crippen molar-refractivity contribution in [2.45, 2.75) is 9.79 Å². The van der Waals surface area contributed by atoms with Crippen LogP contribution in [-0.2, 0) is 0 Å². The highest BCUT2D eigenvalue weighted by Gasteiger charge is 2.43. The van der Waals surface area contributed by atoms with Crippen molar-refractivity contribution in [3.8, 4) is 61.6 Å². The van der Waals surface area contributed by atoms with Crippen LogP contribution in [0.3, 0.4) is 0 Å². The van der Waals surface area contributed by atoms with Gasteiger partial charge in [0.15, 0.2) is 0 Å². The second-order valence-electron chi connectivity index (χ2n) is 23.9. The minimum absolute atomic E-state index is 0.124. The molecule has 0 radical (unpaired) electrons. The van der Waals surface area contributed by atoms with Gasteiger partial charge in [0.25, 0.3) is 0 Å². The first-order valence-electron chi connectivity index (χ1n) is 31.0. The van der Waals surface area contributed by atoms with Crippen molar-refractivity contribution in [2.24, 2.45) is 0 Å². The van der Waals surface area contributed by atoms with E-state index in [2.05, 4.69) is 340 Å². The van der Waals surface area contributed by atoms with Crippen LogP contribution in [0.4, 0.5) is 17.1 Å². The van der Waals surface area contributed by atoms with Gasteiger partial charge in [-0.25, -0.2) is 0 Å². The van der Waals surface area contributed by atoms with Crippen molar-refractivity contribution >= 4 is 117 Å². The molecule has 90 heavy (non-hydrogen) atoms. The van der Waals surface area contributed by atoms with Crippen LogP contribution in [0.2, 0.25) is 0 Å². The molecule has 418 valence electrons. The Morgan fingerprint density at radius 2 is 0.667 bits per heavy atom. The van der Waals surface area contributed by atoms with Crippen LogP contribution in [0, 0.1) is 0 Å². The average Bonchev–Trinajstić information content (AvgIpc) is 0.742. The third-order valence-corrected chi connectivity index (χ3v) is 20.2. The van der Waals surface area contributed by atoms with Crippen LogP contribution in [0.15, 0.2) is 331 Å². The fraction of sp³-hybridized carbons (Fsp3) is 0. The van der Waals surface area contributed by atoms with Crippen molar-refractivity contribution in [3.63, 3.8) is 0 Å². The number of para-hydroxylation sites is 9. The summed E-state index contributed by atoms with van der Waals surface area (Å²) >= 11 is 1.91. The molecule has 0 spiro atoms. The zero-order valence-corrected chi connectivity index (χ0v) is 49.7. The number of hydrogen-bond donors (Lipinski definition) is 0. The van der Waals surface area contributed by atoms with Gasteiger partial charge >= 0.3 is 0 Å². The van der Waals surface area contributed by atoms with Crippen LogP contribution in [0.25, 0.3) is 127 Å². The lowest BCUT2D eigenvalue weighted by Gasteiger charge is -2.42. The average molecular weight is 1160 g/mol. The molecule has 4 nitrogen and oxygen atoms in total. The highest BCUT2D eigenvalue weighted by atomic mass is 32.2. The van der Waals surface area contributed by atoms with Crippen LogP contribution in [0.1, 0.15) is 0 Å². The molecule has 14 aromatic carbocycles. The SMILES string of the molecule is c1ccc(-c2ccc3c(c2)B2c4cc(-c5ccccc5)ccc4N(c4c(-c5cccc6c7ccccc7n(-c7ccccc7)c56)cccc4-c4cccc5c6ccccc6n(-c6ccccc6)c45)c4cc(-n5c6ccccc6c6ccccc65)cc(c42)S3)cc1. The summed E-state index contributed by atoms with van der Waals surface area (Å²) in [4.78, 5) is 5.22. The van der Waals surface area contributed by atoms with Gasteiger partial charge in [0.05, 0.1) is 38.8 Å². The molecule has 3 aromatic heterocycles. The Kier molecular flexibility index (Phi) is 11.4. The number of anilines is 3. The molecular formula is C84H53BN4S. The van der Waals surface area contributed by atoms with E-state index in [1.807, 2.05) is 11.8 Å². The van der Waals surface area contributed by atoms with Gasteiger partial charge in [-0.1, -0.05) is 266 Å². The number of benzene rings is 14. The van der Waals surface area contributed by atoms with E-state index in [0.717, 1.165) is 67.4 Å². The number of aromatic nitrogens is 3. The van der Waals surface area contributed by atoms with E-state index in [-0.39, 0.29) is 6.71 Å². The molecule has 6 heteroatoms. The highest BCUT2D eigenvalue weighted by molar-refractivity contribution is 8.00. The van der Waals surface area contributed by atoms with Gasteiger partial charge in [0.1, 0.15) is 0 Å². The van der Waals surface area contributed by atoms with Gasteiger partial charge in [-0.15, -0.1) is 0 Å². The minimum Gasteiger partial charge on any atom is -0.310 e. The first-order valence-corrected chi connectivity index (χ1v) is 31.8. The largest absolute Gasteiger partial charge is 0.310 e. The predicted octanol–water partition coefficient (Wildman–Crippen LogP) is 20.4. The molecule has 0 atom stereocenters. The van der Waals surface area contributed by atoms with Gasteiger partial charge < -0.3 is 18.6 Å². The van der Waals surface area contributed by atoms with E-state index in [0.29, 0.717) is 0 Å². The number of rotatable bonds is 8. The van der Waals surface area contributed by atoms with E-state index >= 15 is 0 Å². The summed E-state index contributed by atoms with van der Waals surface area (Å²) in [5.74, 6) is 0. The summed E-state index contributed by atoms with van der Waals surface area (Å²) in [5.41, 5.74) is 26.9. The predicted molar refractivity (Wildman–Crippen MR) is 381 cm³/mol. The van der Waals surface area contributed by atoms with E-state index in [4.69, 9.17) is 0 Å². The third-order valence-electron chi connectivity index (χ3n) is 19.1. The summed E-state index contributed by atoms with van der Waals surface area (Å²) in [6.45, 7) is -0.124. The van der Waals surface area contributed by atoms with Gasteiger partial charge in [0.2, 0.25) is 6.71 Å². The van der Waals surface area contributed by atoms with Crippen molar-refractivity contribution in [1.82, 2.24) is 13.7 Å². The lowest BCUT2D eigenvalue weighted by Crippen LogP contribution is -2.60. The smallest absolute Gasteiger partial charge is 0.249 e. The van der Waals surface area contributed by atoms with E-state index in [1.54, 1.807) is 0 Å². The Morgan fingerprint density at radius 1 is 0.256 bits per heavy atom. The number of fused-ring (bicyclic) bond motifs is 13. The molecule has 0 bridgehead atoms. The Labute approximate surface area is 525 Å². The summed E-state index contributed by atoms with van der Waals surface area (Å²) < 4.78 is 7.51. The van der Waals surface area contributed by atoms with Crippen LogP contribution in [0.5, 0.6) is 0 Å². The number of nitrogens with zero attached hydrogens (tertiary/aromatic N) is 4. The van der Waals surface area contributed by atoms with E-state index < -0.39 is 0 Å². The zero-order valence-electron chi connectivity index (χ0n) is 48.9. The van der Waals surface area contributed by atoms with Crippen LogP contribution < -0.4 is 21.3 Å². The second-order valence-corrected chi connectivity index (χ2v) is 24.9. The molecule has 2 aliphatic rings. The first-order chi connectivity index (χ1) is 44.7. The molecule has 0 aliphatic carbocycles. The van der Waals surface area contributed by atoms with Gasteiger partial charge in [-0.2, -0.15) is 0 Å². The Bertz CT molecular complexity index is 5540. The molecule has 0 amide bonds. The van der Waals surface area contributed by atoms with Gasteiger partial charge in [-0.3, -0.25) is 0 Å². The standard InChI is InChI=1S/C84H53BN4S/c1-5-24-54(25-6-1)56-46-48-77-71(50-56)85-72-51-57(55-26-7-2-8-27-55)47-49-79(72)90-80-53-60(86-73-42-17-13-32-61(73)62-33-14-18-43-74(62)86)52-78(81(80)85)89(77)84-69(67-38-21-36-65-63-34-15-19-44-75(63)87(82(65)67)58-28-9-3-10-29-58)40-23-41-70(84)68-39-22-37-66-64-35-16-20-45-76(64)88(83(66)68)59-30-11-4-12-31-59/h1-53H. The van der Waals surface area contributed by atoms with Crippen molar-refractivity contribution in [3.05, 3.63) is 322 Å². The van der Waals surface area contributed by atoms with Gasteiger partial charge in [-0.05, 0) is 106 Å². The van der Waals surface area contributed by atoms with Crippen molar-refractivity contribution < 1.29 is 0 Å². The quantitative estimate of drug-likeness (QED) is 0.141. The Morgan fingerprint density at radius 3 is 1.19 bits per heavy atom. The number of hydrogen-bond acceptors (Lipinski definition) is 2. The van der Waals surface area contributed by atoms with Gasteiger partial charge in [0, 0.05) is 92.8 Å². The topological polar surface area (TPSA) is 18.0 Å². The molecule has 0 N–H and O–H groups in total. The van der Waals surface area contributed by atoms with Crippen molar-refractivity contribution in [1.29, 1.82) is 0 Å².